The van der Waals surface area contributed by atoms with Crippen LogP contribution in [0, 0.1) is 0 Å². The van der Waals surface area contributed by atoms with E-state index in [2.05, 4.69) is 0 Å². The third-order valence-corrected chi connectivity index (χ3v) is 3.21. The second-order valence-corrected chi connectivity index (χ2v) is 4.52. The van der Waals surface area contributed by atoms with Crippen molar-refractivity contribution in [2.75, 3.05) is 13.6 Å². The number of rotatable bonds is 1. The lowest BCUT2D eigenvalue weighted by Crippen LogP contribution is -2.22. The maximum Gasteiger partial charge on any atom is 0.201 e. The van der Waals surface area contributed by atoms with Crippen molar-refractivity contribution >= 4 is 16.7 Å². The molecular formula is C15H13NO3. The Labute approximate surface area is 109 Å². The van der Waals surface area contributed by atoms with Crippen LogP contribution in [0.3, 0.4) is 0 Å². The third kappa shape index (κ3) is 1.91. The highest BCUT2D eigenvalue weighted by Crippen LogP contribution is 2.22. The molecular weight excluding hydrogens is 242 g/mol. The summed E-state index contributed by atoms with van der Waals surface area (Å²) in [5.74, 6) is 0.0836. The molecule has 1 aliphatic rings. The van der Waals surface area contributed by atoms with Crippen molar-refractivity contribution < 1.29 is 9.52 Å². The van der Waals surface area contributed by atoms with Gasteiger partial charge < -0.3 is 14.4 Å². The Morgan fingerprint density at radius 3 is 3.00 bits per heavy atom. The fraction of sp³-hybridized carbons (Fsp3) is 0.133. The summed E-state index contributed by atoms with van der Waals surface area (Å²) in [4.78, 5) is 14.4. The molecule has 1 aromatic heterocycles. The van der Waals surface area contributed by atoms with Gasteiger partial charge in [0.05, 0.1) is 16.6 Å². The Balaban J connectivity index is 2.24. The fourth-order valence-corrected chi connectivity index (χ4v) is 2.19. The zero-order chi connectivity index (χ0) is 13.4. The van der Waals surface area contributed by atoms with E-state index in [0.717, 1.165) is 12.2 Å². The van der Waals surface area contributed by atoms with E-state index in [0.29, 0.717) is 16.5 Å². The van der Waals surface area contributed by atoms with E-state index in [4.69, 9.17) is 4.42 Å². The Morgan fingerprint density at radius 1 is 1.37 bits per heavy atom. The molecule has 0 saturated carbocycles. The smallest absolute Gasteiger partial charge is 0.201 e. The van der Waals surface area contributed by atoms with E-state index in [-0.39, 0.29) is 11.2 Å². The number of hydrogen-bond acceptors (Lipinski definition) is 4. The highest BCUT2D eigenvalue weighted by molar-refractivity contribution is 5.81. The Hall–Kier alpha value is -2.49. The molecule has 0 atom stereocenters. The number of aromatic hydroxyl groups is 1. The van der Waals surface area contributed by atoms with Crippen molar-refractivity contribution in [1.82, 2.24) is 4.90 Å². The molecule has 1 N–H and O–H groups in total. The summed E-state index contributed by atoms with van der Waals surface area (Å²) < 4.78 is 5.45. The number of phenolic OH excluding ortho intramolecular Hbond substituents is 1. The molecule has 0 saturated heterocycles. The van der Waals surface area contributed by atoms with E-state index < -0.39 is 0 Å². The highest BCUT2D eigenvalue weighted by atomic mass is 16.3. The lowest BCUT2D eigenvalue weighted by atomic mass is 10.1. The molecule has 96 valence electrons. The summed E-state index contributed by atoms with van der Waals surface area (Å²) in [5.41, 5.74) is 1.68. The number of benzene rings is 1. The van der Waals surface area contributed by atoms with Crippen molar-refractivity contribution in [3.05, 3.63) is 58.5 Å². The quantitative estimate of drug-likeness (QED) is 0.849. The van der Waals surface area contributed by atoms with E-state index >= 15 is 0 Å². The van der Waals surface area contributed by atoms with Crippen molar-refractivity contribution in [2.24, 2.45) is 0 Å². The first-order valence-corrected chi connectivity index (χ1v) is 5.99. The van der Waals surface area contributed by atoms with Gasteiger partial charge in [-0.1, -0.05) is 12.2 Å². The molecule has 0 amide bonds. The number of nitrogens with zero attached hydrogens (tertiary/aromatic N) is 1. The Kier molecular flexibility index (Phi) is 2.63. The first-order chi connectivity index (χ1) is 9.16. The summed E-state index contributed by atoms with van der Waals surface area (Å²) in [6.07, 6.45) is 7.29. The van der Waals surface area contributed by atoms with Crippen LogP contribution < -0.4 is 5.43 Å². The highest BCUT2D eigenvalue weighted by Gasteiger charge is 2.15. The molecule has 0 bridgehead atoms. The van der Waals surface area contributed by atoms with Gasteiger partial charge in [0.25, 0.3) is 0 Å². The van der Waals surface area contributed by atoms with Gasteiger partial charge in [-0.05, 0) is 18.2 Å². The van der Waals surface area contributed by atoms with Gasteiger partial charge in [0, 0.05) is 19.7 Å². The van der Waals surface area contributed by atoms with Crippen molar-refractivity contribution in [3.8, 4) is 5.75 Å². The molecule has 3 rings (SSSR count). The minimum absolute atomic E-state index is 0.0836. The van der Waals surface area contributed by atoms with Crippen LogP contribution in [0.5, 0.6) is 5.75 Å². The molecule has 2 heterocycles. The van der Waals surface area contributed by atoms with Crippen molar-refractivity contribution in [1.29, 1.82) is 0 Å². The molecule has 0 spiro atoms. The van der Waals surface area contributed by atoms with E-state index in [1.54, 1.807) is 6.07 Å². The molecule has 4 nitrogen and oxygen atoms in total. The average Bonchev–Trinajstić information content (AvgIpc) is 2.40. The fourth-order valence-electron chi connectivity index (χ4n) is 2.19. The van der Waals surface area contributed by atoms with Gasteiger partial charge in [-0.3, -0.25) is 4.79 Å². The van der Waals surface area contributed by atoms with Crippen LogP contribution in [0.25, 0.3) is 16.7 Å². The van der Waals surface area contributed by atoms with Gasteiger partial charge in [-0.2, -0.15) is 0 Å². The predicted octanol–water partition coefficient (Wildman–Crippen LogP) is 2.34. The lowest BCUT2D eigenvalue weighted by Gasteiger charge is -2.22. The number of hydrogen-bond donors (Lipinski definition) is 1. The first-order valence-electron chi connectivity index (χ1n) is 5.99. The van der Waals surface area contributed by atoms with Gasteiger partial charge in [-0.15, -0.1) is 0 Å². The Morgan fingerprint density at radius 2 is 2.21 bits per heavy atom. The first kappa shape index (κ1) is 11.6. The van der Waals surface area contributed by atoms with E-state index in [1.807, 2.05) is 30.2 Å². The molecule has 0 fully saturated rings. The van der Waals surface area contributed by atoms with Crippen LogP contribution in [0.1, 0.15) is 5.56 Å². The third-order valence-electron chi connectivity index (χ3n) is 3.21. The lowest BCUT2D eigenvalue weighted by molar-refractivity contribution is 0.474. The SMILES string of the molecule is CN1CC=CC=C1c1coc2cc(O)ccc2c1=O. The number of likely N-dealkylation sites (N-methyl/N-ethyl adjacent to an activating group) is 1. The molecule has 4 heteroatoms. The van der Waals surface area contributed by atoms with Crippen LogP contribution >= 0.6 is 0 Å². The van der Waals surface area contributed by atoms with Crippen LogP contribution in [0.2, 0.25) is 0 Å². The summed E-state index contributed by atoms with van der Waals surface area (Å²) in [5, 5.41) is 9.86. The molecule has 0 radical (unpaired) electrons. The van der Waals surface area contributed by atoms with Crippen LogP contribution in [-0.2, 0) is 0 Å². The molecule has 2 aromatic rings. The van der Waals surface area contributed by atoms with E-state index in [9.17, 15) is 9.90 Å². The zero-order valence-electron chi connectivity index (χ0n) is 10.5. The summed E-state index contributed by atoms with van der Waals surface area (Å²) >= 11 is 0. The minimum atomic E-state index is -0.0883. The zero-order valence-corrected chi connectivity index (χ0v) is 10.5. The van der Waals surface area contributed by atoms with Gasteiger partial charge in [0.1, 0.15) is 17.6 Å². The predicted molar refractivity (Wildman–Crippen MR) is 73.9 cm³/mol. The molecule has 0 aliphatic carbocycles. The number of allylic oxidation sites excluding steroid dienone is 2. The summed E-state index contributed by atoms with van der Waals surface area (Å²) in [6.45, 7) is 0.763. The van der Waals surface area contributed by atoms with Crippen molar-refractivity contribution in [3.63, 3.8) is 0 Å². The monoisotopic (exact) mass is 255 g/mol. The molecule has 1 aliphatic heterocycles. The largest absolute Gasteiger partial charge is 0.508 e. The summed E-state index contributed by atoms with van der Waals surface area (Å²) in [6, 6.07) is 4.51. The van der Waals surface area contributed by atoms with Crippen molar-refractivity contribution in [2.45, 2.75) is 0 Å². The van der Waals surface area contributed by atoms with Gasteiger partial charge in [0.2, 0.25) is 5.43 Å². The standard InChI is InChI=1S/C15H13NO3/c1-16-7-3-2-4-13(16)12-9-19-14-8-10(17)5-6-11(14)15(12)18/h2-6,8-9,17H,7H2,1H3. The Bertz CT molecular complexity index is 756. The maximum atomic E-state index is 12.5. The second kappa shape index (κ2) is 4.31. The minimum Gasteiger partial charge on any atom is -0.508 e. The van der Waals surface area contributed by atoms with Gasteiger partial charge >= 0.3 is 0 Å². The summed E-state index contributed by atoms with van der Waals surface area (Å²) in [7, 11) is 1.93. The topological polar surface area (TPSA) is 53.7 Å². The average molecular weight is 255 g/mol. The van der Waals surface area contributed by atoms with Crippen LogP contribution in [0.15, 0.2) is 51.9 Å². The van der Waals surface area contributed by atoms with Gasteiger partial charge in [0.15, 0.2) is 0 Å². The molecule has 0 unspecified atom stereocenters. The molecule has 1 aromatic carbocycles. The number of fused-ring (bicyclic) bond motifs is 1. The second-order valence-electron chi connectivity index (χ2n) is 4.52. The molecule has 19 heavy (non-hydrogen) atoms. The van der Waals surface area contributed by atoms with E-state index in [1.165, 1.54) is 18.4 Å². The van der Waals surface area contributed by atoms with Gasteiger partial charge in [-0.25, -0.2) is 0 Å². The number of phenols is 1. The normalized spacial score (nSPS) is 14.8. The van der Waals surface area contributed by atoms with Crippen LogP contribution in [-0.4, -0.2) is 23.6 Å². The maximum absolute atomic E-state index is 12.5. The van der Waals surface area contributed by atoms with Crippen LogP contribution in [0.4, 0.5) is 0 Å².